The lowest BCUT2D eigenvalue weighted by atomic mass is 10.2. The minimum Gasteiger partial charge on any atom is -0.310 e. The van der Waals surface area contributed by atoms with Crippen molar-refractivity contribution in [2.45, 2.75) is 17.6 Å². The number of benzene rings is 2. The lowest BCUT2D eigenvalue weighted by Crippen LogP contribution is -2.46. The number of fused-ring (bicyclic) bond motifs is 1. The summed E-state index contributed by atoms with van der Waals surface area (Å²) in [6, 6.07) is 12.3. The molecule has 11 heteroatoms. The van der Waals surface area contributed by atoms with Crippen LogP contribution in [0.5, 0.6) is 0 Å². The van der Waals surface area contributed by atoms with Crippen molar-refractivity contribution in [3.8, 4) is 0 Å². The summed E-state index contributed by atoms with van der Waals surface area (Å²) in [7, 11) is -1.98. The molecule has 0 bridgehead atoms. The number of hydrogen-bond donors (Lipinski definition) is 2. The van der Waals surface area contributed by atoms with Crippen LogP contribution in [-0.2, 0) is 22.7 Å². The van der Waals surface area contributed by atoms with E-state index in [2.05, 4.69) is 31.9 Å². The number of aromatic nitrogens is 1. The standard InChI is InChI=1S/C24H28F3N5O2S/c1-31-13-15-32(16-14-31)12-11-28-17-20-8-5-18-3-2-4-22(23(18)29-20)30-35(33,34)21-9-6-19(7-10-21)24(25,26)27/h2-10,28,30H,11-17H2,1H3. The van der Waals surface area contributed by atoms with Crippen molar-refractivity contribution in [1.29, 1.82) is 0 Å². The summed E-state index contributed by atoms with van der Waals surface area (Å²) in [5, 5.41) is 4.14. The maximum Gasteiger partial charge on any atom is 0.416 e. The number of pyridine rings is 1. The van der Waals surface area contributed by atoms with Gasteiger partial charge in [-0.25, -0.2) is 13.4 Å². The van der Waals surface area contributed by atoms with Crippen LogP contribution < -0.4 is 10.0 Å². The fourth-order valence-electron chi connectivity index (χ4n) is 3.92. The molecule has 2 aromatic carbocycles. The van der Waals surface area contributed by atoms with E-state index in [-0.39, 0.29) is 10.6 Å². The number of hydrogen-bond acceptors (Lipinski definition) is 6. The second kappa shape index (κ2) is 10.5. The summed E-state index contributed by atoms with van der Waals surface area (Å²) in [6.45, 7) is 6.52. The molecule has 1 aliphatic rings. The fourth-order valence-corrected chi connectivity index (χ4v) is 4.99. The van der Waals surface area contributed by atoms with Crippen LogP contribution in [0.4, 0.5) is 18.9 Å². The SMILES string of the molecule is CN1CCN(CCNCc2ccc3cccc(NS(=O)(=O)c4ccc(C(F)(F)F)cc4)c3n2)CC1. The van der Waals surface area contributed by atoms with Crippen molar-refractivity contribution >= 4 is 26.6 Å². The maximum atomic E-state index is 12.8. The first-order valence-corrected chi connectivity index (χ1v) is 12.8. The third kappa shape index (κ3) is 6.49. The Morgan fingerprint density at radius 2 is 1.69 bits per heavy atom. The van der Waals surface area contributed by atoms with E-state index in [1.165, 1.54) is 0 Å². The van der Waals surface area contributed by atoms with E-state index in [1.54, 1.807) is 12.1 Å². The lowest BCUT2D eigenvalue weighted by Gasteiger charge is -2.32. The highest BCUT2D eigenvalue weighted by molar-refractivity contribution is 7.92. The normalized spacial score (nSPS) is 16.0. The van der Waals surface area contributed by atoms with E-state index in [0.29, 0.717) is 12.1 Å². The number of anilines is 1. The van der Waals surface area contributed by atoms with Crippen molar-refractivity contribution in [3.63, 3.8) is 0 Å². The zero-order valence-corrected chi connectivity index (χ0v) is 20.2. The molecule has 1 fully saturated rings. The van der Waals surface area contributed by atoms with Crippen molar-refractivity contribution in [1.82, 2.24) is 20.1 Å². The second-order valence-electron chi connectivity index (χ2n) is 8.63. The van der Waals surface area contributed by atoms with Gasteiger partial charge in [0, 0.05) is 51.2 Å². The quantitative estimate of drug-likeness (QED) is 0.455. The molecule has 0 saturated carbocycles. The van der Waals surface area contributed by atoms with E-state index in [4.69, 9.17) is 0 Å². The van der Waals surface area contributed by atoms with Gasteiger partial charge < -0.3 is 10.2 Å². The number of nitrogens with one attached hydrogen (secondary N) is 2. The highest BCUT2D eigenvalue weighted by Crippen LogP contribution is 2.30. The molecule has 3 aromatic rings. The second-order valence-corrected chi connectivity index (χ2v) is 10.3. The minimum absolute atomic E-state index is 0.260. The predicted molar refractivity (Wildman–Crippen MR) is 130 cm³/mol. The summed E-state index contributed by atoms with van der Waals surface area (Å²) >= 11 is 0. The van der Waals surface area contributed by atoms with Gasteiger partial charge in [-0.3, -0.25) is 9.62 Å². The molecule has 1 aliphatic heterocycles. The first-order valence-electron chi connectivity index (χ1n) is 11.3. The molecule has 2 N–H and O–H groups in total. The summed E-state index contributed by atoms with van der Waals surface area (Å²) < 4.78 is 66.6. The summed E-state index contributed by atoms with van der Waals surface area (Å²) in [6.07, 6.45) is -4.54. The van der Waals surface area contributed by atoms with Gasteiger partial charge in [0.15, 0.2) is 0 Å². The van der Waals surface area contributed by atoms with Gasteiger partial charge in [-0.05, 0) is 43.4 Å². The van der Waals surface area contributed by atoms with Crippen LogP contribution in [0.2, 0.25) is 0 Å². The lowest BCUT2D eigenvalue weighted by molar-refractivity contribution is -0.137. The molecule has 2 heterocycles. The first-order chi connectivity index (χ1) is 16.6. The molecule has 0 aliphatic carbocycles. The Bertz CT molecular complexity index is 1260. The van der Waals surface area contributed by atoms with E-state index in [1.807, 2.05) is 18.2 Å². The van der Waals surface area contributed by atoms with Crippen LogP contribution in [0.3, 0.4) is 0 Å². The van der Waals surface area contributed by atoms with Gasteiger partial charge in [-0.1, -0.05) is 18.2 Å². The number of para-hydroxylation sites is 1. The molecule has 7 nitrogen and oxygen atoms in total. The average molecular weight is 508 g/mol. The number of nitrogens with zero attached hydrogens (tertiary/aromatic N) is 3. The highest BCUT2D eigenvalue weighted by Gasteiger charge is 2.30. The number of rotatable bonds is 8. The van der Waals surface area contributed by atoms with Crippen LogP contribution in [0.1, 0.15) is 11.3 Å². The van der Waals surface area contributed by atoms with E-state index < -0.39 is 21.8 Å². The van der Waals surface area contributed by atoms with Crippen LogP contribution in [0.25, 0.3) is 10.9 Å². The van der Waals surface area contributed by atoms with Gasteiger partial charge in [0.1, 0.15) is 0 Å². The van der Waals surface area contributed by atoms with E-state index in [0.717, 1.165) is 74.6 Å². The Morgan fingerprint density at radius 3 is 2.37 bits per heavy atom. The molecule has 1 saturated heterocycles. The number of sulfonamides is 1. The molecule has 0 amide bonds. The topological polar surface area (TPSA) is 77.6 Å². The first kappa shape index (κ1) is 25.4. The average Bonchev–Trinajstić information content (AvgIpc) is 2.83. The molecule has 0 unspecified atom stereocenters. The predicted octanol–water partition coefficient (Wildman–Crippen LogP) is 3.39. The van der Waals surface area contributed by atoms with Crippen LogP contribution in [0, 0.1) is 0 Å². The Hall–Kier alpha value is -2.73. The number of alkyl halides is 3. The Kier molecular flexibility index (Phi) is 7.60. The van der Waals surface area contributed by atoms with Gasteiger partial charge in [0.25, 0.3) is 10.0 Å². The van der Waals surface area contributed by atoms with Gasteiger partial charge in [-0.2, -0.15) is 13.2 Å². The molecular weight excluding hydrogens is 479 g/mol. The van der Waals surface area contributed by atoms with E-state index in [9.17, 15) is 21.6 Å². The van der Waals surface area contributed by atoms with Crippen molar-refractivity contribution in [2.24, 2.45) is 0 Å². The fraction of sp³-hybridized carbons (Fsp3) is 0.375. The minimum atomic E-state index is -4.54. The van der Waals surface area contributed by atoms with Gasteiger partial charge in [0.05, 0.1) is 27.4 Å². The highest BCUT2D eigenvalue weighted by atomic mass is 32.2. The van der Waals surface area contributed by atoms with Crippen molar-refractivity contribution in [3.05, 3.63) is 65.9 Å². The summed E-state index contributed by atoms with van der Waals surface area (Å²) in [5.74, 6) is 0. The van der Waals surface area contributed by atoms with Gasteiger partial charge >= 0.3 is 6.18 Å². The van der Waals surface area contributed by atoms with Crippen molar-refractivity contribution in [2.75, 3.05) is 51.0 Å². The molecule has 0 atom stereocenters. The Labute approximate surface area is 203 Å². The summed E-state index contributed by atoms with van der Waals surface area (Å²) in [5.41, 5.74) is 0.591. The van der Waals surface area contributed by atoms with Crippen molar-refractivity contribution < 1.29 is 21.6 Å². The Balaban J connectivity index is 1.44. The number of likely N-dealkylation sites (N-methyl/N-ethyl adjacent to an activating group) is 1. The van der Waals surface area contributed by atoms with Gasteiger partial charge in [0.2, 0.25) is 0 Å². The molecule has 1 aromatic heterocycles. The Morgan fingerprint density at radius 1 is 0.971 bits per heavy atom. The number of piperazine rings is 1. The third-order valence-corrected chi connectivity index (χ3v) is 7.40. The number of halogens is 3. The molecule has 0 radical (unpaired) electrons. The molecule has 35 heavy (non-hydrogen) atoms. The molecule has 0 spiro atoms. The smallest absolute Gasteiger partial charge is 0.310 e. The summed E-state index contributed by atoms with van der Waals surface area (Å²) in [4.78, 5) is 9.10. The molecule has 188 valence electrons. The van der Waals surface area contributed by atoms with Crippen LogP contribution in [-0.4, -0.2) is 69.5 Å². The van der Waals surface area contributed by atoms with Crippen LogP contribution in [0.15, 0.2) is 59.5 Å². The maximum absolute atomic E-state index is 12.8. The zero-order valence-electron chi connectivity index (χ0n) is 19.3. The van der Waals surface area contributed by atoms with E-state index >= 15 is 0 Å². The zero-order chi connectivity index (χ0) is 25.1. The molecular formula is C24H28F3N5O2S. The molecule has 4 rings (SSSR count). The van der Waals surface area contributed by atoms with Gasteiger partial charge in [-0.15, -0.1) is 0 Å². The third-order valence-electron chi connectivity index (χ3n) is 6.02. The largest absolute Gasteiger partial charge is 0.416 e. The van der Waals surface area contributed by atoms with Crippen LogP contribution >= 0.6 is 0 Å². The monoisotopic (exact) mass is 507 g/mol.